The molecule has 29 heavy (non-hydrogen) atoms. The van der Waals surface area contributed by atoms with Crippen LogP contribution in [-0.2, 0) is 16.0 Å². The molecule has 3 rings (SSSR count). The molecule has 1 amide bonds. The molecule has 0 aliphatic carbocycles. The van der Waals surface area contributed by atoms with Crippen LogP contribution in [0.25, 0.3) is 0 Å². The van der Waals surface area contributed by atoms with Gasteiger partial charge in [-0.15, -0.1) is 0 Å². The summed E-state index contributed by atoms with van der Waals surface area (Å²) in [5.41, 5.74) is 0.984. The van der Waals surface area contributed by atoms with Crippen LogP contribution in [-0.4, -0.2) is 67.2 Å². The van der Waals surface area contributed by atoms with Crippen LogP contribution >= 0.6 is 11.6 Å². The Kier molecular flexibility index (Phi) is 7.76. The van der Waals surface area contributed by atoms with Crippen molar-refractivity contribution in [1.82, 2.24) is 20.0 Å². The summed E-state index contributed by atoms with van der Waals surface area (Å²) in [5.74, 6) is -0.330. The van der Waals surface area contributed by atoms with E-state index in [0.717, 1.165) is 18.7 Å². The second-order valence-electron chi connectivity index (χ2n) is 6.70. The smallest absolute Gasteiger partial charge is 0.271 e. The van der Waals surface area contributed by atoms with Gasteiger partial charge in [0, 0.05) is 37.8 Å². The van der Waals surface area contributed by atoms with Crippen LogP contribution in [0.2, 0.25) is 5.02 Å². The van der Waals surface area contributed by atoms with Crippen LogP contribution in [0, 0.1) is 0 Å². The largest absolute Gasteiger partial charge is 0.383 e. The number of morpholine rings is 1. The first-order valence-corrected chi connectivity index (χ1v) is 9.89. The zero-order chi connectivity index (χ0) is 20.6. The minimum Gasteiger partial charge on any atom is -0.383 e. The Bertz CT molecular complexity index is 866. The van der Waals surface area contributed by atoms with Gasteiger partial charge in [0.2, 0.25) is 0 Å². The molecule has 0 spiro atoms. The van der Waals surface area contributed by atoms with Crippen LogP contribution in [0.4, 0.5) is 0 Å². The van der Waals surface area contributed by atoms with Gasteiger partial charge in [0.25, 0.3) is 11.5 Å². The van der Waals surface area contributed by atoms with Crippen molar-refractivity contribution in [2.24, 2.45) is 0 Å². The molecule has 1 N–H and O–H groups in total. The Morgan fingerprint density at radius 2 is 1.97 bits per heavy atom. The van der Waals surface area contributed by atoms with Crippen molar-refractivity contribution < 1.29 is 14.3 Å². The molecule has 2 heterocycles. The summed E-state index contributed by atoms with van der Waals surface area (Å²) in [5, 5.41) is 7.76. The number of nitrogens with one attached hydrogen (secondary N) is 1. The molecule has 0 saturated carbocycles. The third kappa shape index (κ3) is 5.86. The molecular formula is C20H25ClN4O4. The number of carbonyl (C=O) groups is 1. The van der Waals surface area contributed by atoms with Gasteiger partial charge in [0.15, 0.2) is 0 Å². The summed E-state index contributed by atoms with van der Waals surface area (Å²) in [4.78, 5) is 26.8. The number of hydrogen-bond acceptors (Lipinski definition) is 6. The summed E-state index contributed by atoms with van der Waals surface area (Å²) >= 11 is 6.03. The first-order valence-electron chi connectivity index (χ1n) is 9.51. The summed E-state index contributed by atoms with van der Waals surface area (Å²) in [6.07, 6.45) is 0. The predicted molar refractivity (Wildman–Crippen MR) is 109 cm³/mol. The highest BCUT2D eigenvalue weighted by Gasteiger charge is 2.23. The van der Waals surface area contributed by atoms with Crippen LogP contribution in [0.1, 0.15) is 22.1 Å². The summed E-state index contributed by atoms with van der Waals surface area (Å²) in [7, 11) is 1.55. The normalized spacial score (nSPS) is 15.8. The molecule has 1 aromatic heterocycles. The zero-order valence-corrected chi connectivity index (χ0v) is 17.1. The van der Waals surface area contributed by atoms with Crippen molar-refractivity contribution in [3.63, 3.8) is 0 Å². The number of carbonyl (C=O) groups excluding carboxylic acids is 1. The number of methoxy groups -OCH3 is 1. The van der Waals surface area contributed by atoms with Gasteiger partial charge < -0.3 is 14.8 Å². The van der Waals surface area contributed by atoms with Crippen LogP contribution in [0.3, 0.4) is 0 Å². The molecule has 1 atom stereocenters. The standard InChI is InChI=1S/C20H25ClN4O4/c1-28-11-10-25-19(26)7-6-17(23-25)20(27)22-14-18(24-8-12-29-13-9-24)15-2-4-16(21)5-3-15/h2-7,18H,8-14H2,1H3,(H,22,27). The van der Waals surface area contributed by atoms with Gasteiger partial charge in [-0.05, 0) is 23.8 Å². The molecule has 156 valence electrons. The quantitative estimate of drug-likeness (QED) is 0.693. The van der Waals surface area contributed by atoms with Gasteiger partial charge >= 0.3 is 0 Å². The monoisotopic (exact) mass is 420 g/mol. The molecule has 0 bridgehead atoms. The maximum absolute atomic E-state index is 12.7. The fourth-order valence-corrected chi connectivity index (χ4v) is 3.35. The average Bonchev–Trinajstić information content (AvgIpc) is 2.75. The minimum atomic E-state index is -0.330. The fraction of sp³-hybridized carbons (Fsp3) is 0.450. The highest BCUT2D eigenvalue weighted by Crippen LogP contribution is 2.23. The average molecular weight is 421 g/mol. The van der Waals surface area contributed by atoms with E-state index in [4.69, 9.17) is 21.1 Å². The van der Waals surface area contributed by atoms with Crippen molar-refractivity contribution in [3.05, 3.63) is 63.0 Å². The second-order valence-corrected chi connectivity index (χ2v) is 7.13. The Morgan fingerprint density at radius 1 is 1.24 bits per heavy atom. The second kappa shape index (κ2) is 10.5. The lowest BCUT2D eigenvalue weighted by Gasteiger charge is -2.35. The van der Waals surface area contributed by atoms with Gasteiger partial charge in [-0.3, -0.25) is 14.5 Å². The third-order valence-electron chi connectivity index (χ3n) is 4.80. The number of rotatable bonds is 8. The number of benzene rings is 1. The Labute approximate surface area is 174 Å². The van der Waals surface area contributed by atoms with Gasteiger partial charge in [0.1, 0.15) is 5.69 Å². The van der Waals surface area contributed by atoms with E-state index in [2.05, 4.69) is 15.3 Å². The van der Waals surface area contributed by atoms with E-state index in [1.807, 2.05) is 24.3 Å². The van der Waals surface area contributed by atoms with Crippen LogP contribution in [0.15, 0.2) is 41.2 Å². The van der Waals surface area contributed by atoms with Crippen molar-refractivity contribution in [3.8, 4) is 0 Å². The lowest BCUT2D eigenvalue weighted by atomic mass is 10.0. The zero-order valence-electron chi connectivity index (χ0n) is 16.3. The first-order chi connectivity index (χ1) is 14.1. The van der Waals surface area contributed by atoms with E-state index in [0.29, 0.717) is 31.4 Å². The third-order valence-corrected chi connectivity index (χ3v) is 5.06. The van der Waals surface area contributed by atoms with Gasteiger partial charge in [-0.25, -0.2) is 4.68 Å². The SMILES string of the molecule is COCCn1nc(C(=O)NCC(c2ccc(Cl)cc2)N2CCOCC2)ccc1=O. The molecular weight excluding hydrogens is 396 g/mol. The predicted octanol–water partition coefficient (Wildman–Crippen LogP) is 1.35. The molecule has 9 heteroatoms. The molecule has 1 aliphatic heterocycles. The summed E-state index contributed by atoms with van der Waals surface area (Å²) in [6, 6.07) is 10.4. The molecule has 2 aromatic rings. The van der Waals surface area contributed by atoms with E-state index in [1.54, 1.807) is 7.11 Å². The molecule has 0 radical (unpaired) electrons. The minimum absolute atomic E-state index is 0.0143. The Balaban J connectivity index is 1.72. The topological polar surface area (TPSA) is 85.7 Å². The molecule has 1 fully saturated rings. The van der Waals surface area contributed by atoms with Crippen LogP contribution < -0.4 is 10.9 Å². The van der Waals surface area contributed by atoms with Crippen molar-refractivity contribution in [1.29, 1.82) is 0 Å². The summed E-state index contributed by atoms with van der Waals surface area (Å²) in [6.45, 7) is 3.91. The maximum Gasteiger partial charge on any atom is 0.271 e. The highest BCUT2D eigenvalue weighted by atomic mass is 35.5. The van der Waals surface area contributed by atoms with E-state index in [9.17, 15) is 9.59 Å². The molecule has 1 aliphatic rings. The van der Waals surface area contributed by atoms with E-state index in [1.165, 1.54) is 16.8 Å². The number of nitrogens with zero attached hydrogens (tertiary/aromatic N) is 3. The number of hydrogen-bond donors (Lipinski definition) is 1. The summed E-state index contributed by atoms with van der Waals surface area (Å²) < 4.78 is 11.7. The molecule has 8 nitrogen and oxygen atoms in total. The fourth-order valence-electron chi connectivity index (χ4n) is 3.22. The van der Waals surface area contributed by atoms with Gasteiger partial charge in [-0.1, -0.05) is 23.7 Å². The van der Waals surface area contributed by atoms with E-state index >= 15 is 0 Å². The molecule has 1 unspecified atom stereocenters. The maximum atomic E-state index is 12.7. The number of amides is 1. The Hall–Kier alpha value is -2.26. The van der Waals surface area contributed by atoms with E-state index in [-0.39, 0.29) is 29.7 Å². The Morgan fingerprint density at radius 3 is 2.66 bits per heavy atom. The van der Waals surface area contributed by atoms with Gasteiger partial charge in [-0.2, -0.15) is 5.10 Å². The van der Waals surface area contributed by atoms with Crippen LogP contribution in [0.5, 0.6) is 0 Å². The highest BCUT2D eigenvalue weighted by molar-refractivity contribution is 6.30. The number of aromatic nitrogens is 2. The van der Waals surface area contributed by atoms with Crippen molar-refractivity contribution >= 4 is 17.5 Å². The van der Waals surface area contributed by atoms with Crippen molar-refractivity contribution in [2.75, 3.05) is 46.6 Å². The lowest BCUT2D eigenvalue weighted by molar-refractivity contribution is 0.0162. The van der Waals surface area contributed by atoms with Gasteiger partial charge in [0.05, 0.1) is 32.4 Å². The van der Waals surface area contributed by atoms with E-state index < -0.39 is 0 Å². The number of ether oxygens (including phenoxy) is 2. The molecule has 1 aromatic carbocycles. The van der Waals surface area contributed by atoms with Crippen molar-refractivity contribution in [2.45, 2.75) is 12.6 Å². The first kappa shape index (κ1) is 21.4. The number of halogens is 1. The lowest BCUT2D eigenvalue weighted by Crippen LogP contribution is -2.44. The molecule has 1 saturated heterocycles.